The SMILES string of the molecule is CC(C)(C)Cc1nc2cc3c(cc2[nH]1)CC1(C3)C(=O)Nc2ncccc21. The molecule has 2 aliphatic rings. The van der Waals surface area contributed by atoms with Crippen molar-refractivity contribution in [2.24, 2.45) is 5.41 Å². The van der Waals surface area contributed by atoms with Crippen LogP contribution in [0.4, 0.5) is 5.82 Å². The molecule has 5 heteroatoms. The molecule has 0 bridgehead atoms. The van der Waals surface area contributed by atoms with Crippen LogP contribution in [0.1, 0.15) is 43.3 Å². The van der Waals surface area contributed by atoms with Crippen LogP contribution in [0.3, 0.4) is 0 Å². The van der Waals surface area contributed by atoms with Crippen LogP contribution < -0.4 is 5.32 Å². The van der Waals surface area contributed by atoms with Crippen molar-refractivity contribution in [3.8, 4) is 0 Å². The molecule has 1 unspecified atom stereocenters. The summed E-state index contributed by atoms with van der Waals surface area (Å²) in [5, 5.41) is 2.96. The summed E-state index contributed by atoms with van der Waals surface area (Å²) >= 11 is 0. The zero-order chi connectivity index (χ0) is 18.1. The minimum absolute atomic E-state index is 0.0624. The molecular formula is C21H22N4O. The Morgan fingerprint density at radius 3 is 2.73 bits per heavy atom. The second-order valence-corrected chi connectivity index (χ2v) is 8.85. The Labute approximate surface area is 152 Å². The van der Waals surface area contributed by atoms with Crippen molar-refractivity contribution >= 4 is 22.8 Å². The number of nitrogens with zero attached hydrogens (tertiary/aromatic N) is 2. The average molecular weight is 346 g/mol. The third kappa shape index (κ3) is 2.19. The maximum Gasteiger partial charge on any atom is 0.237 e. The second-order valence-electron chi connectivity index (χ2n) is 8.85. The lowest BCUT2D eigenvalue weighted by Crippen LogP contribution is -2.35. The van der Waals surface area contributed by atoms with Gasteiger partial charge in [-0.3, -0.25) is 4.79 Å². The van der Waals surface area contributed by atoms with Gasteiger partial charge in [0.25, 0.3) is 0 Å². The highest BCUT2D eigenvalue weighted by molar-refractivity contribution is 6.06. The van der Waals surface area contributed by atoms with E-state index in [4.69, 9.17) is 4.98 Å². The van der Waals surface area contributed by atoms with Gasteiger partial charge in [0, 0.05) is 18.2 Å². The van der Waals surface area contributed by atoms with Gasteiger partial charge < -0.3 is 10.3 Å². The Balaban J connectivity index is 1.56. The first-order valence-electron chi connectivity index (χ1n) is 9.11. The van der Waals surface area contributed by atoms with Crippen molar-refractivity contribution in [1.29, 1.82) is 0 Å². The highest BCUT2D eigenvalue weighted by atomic mass is 16.2. The number of aromatic nitrogens is 3. The lowest BCUT2D eigenvalue weighted by atomic mass is 9.79. The number of fused-ring (bicyclic) bond motifs is 4. The van der Waals surface area contributed by atoms with Crippen molar-refractivity contribution in [3.05, 3.63) is 53.0 Å². The predicted octanol–water partition coefficient (Wildman–Crippen LogP) is 3.54. The summed E-state index contributed by atoms with van der Waals surface area (Å²) in [6.07, 6.45) is 4.07. The van der Waals surface area contributed by atoms with Crippen molar-refractivity contribution in [3.63, 3.8) is 0 Å². The number of anilines is 1. The fourth-order valence-electron chi connectivity index (χ4n) is 4.42. The van der Waals surface area contributed by atoms with E-state index in [2.05, 4.69) is 48.2 Å². The molecule has 0 fully saturated rings. The molecule has 1 spiro atoms. The lowest BCUT2D eigenvalue weighted by molar-refractivity contribution is -0.120. The Morgan fingerprint density at radius 1 is 1.19 bits per heavy atom. The molecule has 1 aliphatic heterocycles. The number of rotatable bonds is 1. The molecule has 1 amide bonds. The van der Waals surface area contributed by atoms with E-state index >= 15 is 0 Å². The van der Waals surface area contributed by atoms with E-state index in [0.29, 0.717) is 12.2 Å². The number of imidazole rings is 1. The van der Waals surface area contributed by atoms with Crippen molar-refractivity contribution < 1.29 is 4.79 Å². The smallest absolute Gasteiger partial charge is 0.237 e. The first kappa shape index (κ1) is 15.6. The van der Waals surface area contributed by atoms with Crippen molar-refractivity contribution in [1.82, 2.24) is 15.0 Å². The second kappa shape index (κ2) is 4.93. The summed E-state index contributed by atoms with van der Waals surface area (Å²) in [6, 6.07) is 8.27. The Bertz CT molecular complexity index is 1010. The van der Waals surface area contributed by atoms with E-state index in [0.717, 1.165) is 35.3 Å². The summed E-state index contributed by atoms with van der Waals surface area (Å²) in [5.74, 6) is 1.80. The molecule has 2 aromatic heterocycles. The molecule has 26 heavy (non-hydrogen) atoms. The molecule has 2 N–H and O–H groups in total. The number of amides is 1. The molecule has 5 rings (SSSR count). The topological polar surface area (TPSA) is 70.7 Å². The van der Waals surface area contributed by atoms with Gasteiger partial charge in [0.1, 0.15) is 11.6 Å². The fourth-order valence-corrected chi connectivity index (χ4v) is 4.42. The van der Waals surface area contributed by atoms with Crippen LogP contribution in [0.25, 0.3) is 11.0 Å². The van der Waals surface area contributed by atoms with E-state index in [1.807, 2.05) is 12.1 Å². The van der Waals surface area contributed by atoms with Crippen LogP contribution in [0, 0.1) is 5.41 Å². The molecule has 0 radical (unpaired) electrons. The van der Waals surface area contributed by atoms with Gasteiger partial charge >= 0.3 is 0 Å². The Kier molecular flexibility index (Phi) is 2.95. The molecule has 5 nitrogen and oxygen atoms in total. The normalized spacial score (nSPS) is 17.6. The van der Waals surface area contributed by atoms with E-state index < -0.39 is 5.41 Å². The van der Waals surface area contributed by atoms with Gasteiger partial charge in [-0.1, -0.05) is 26.8 Å². The fraction of sp³-hybridized carbons (Fsp3) is 0.381. The molecule has 0 saturated carbocycles. The molecular weight excluding hydrogens is 324 g/mol. The van der Waals surface area contributed by atoms with Gasteiger partial charge in [-0.15, -0.1) is 0 Å². The summed E-state index contributed by atoms with van der Waals surface area (Å²) in [7, 11) is 0. The van der Waals surface area contributed by atoms with Gasteiger partial charge in [-0.25, -0.2) is 9.97 Å². The van der Waals surface area contributed by atoms with E-state index in [1.165, 1.54) is 11.1 Å². The van der Waals surface area contributed by atoms with E-state index in [9.17, 15) is 4.79 Å². The quantitative estimate of drug-likeness (QED) is 0.708. The summed E-state index contributed by atoms with van der Waals surface area (Å²) in [6.45, 7) is 6.65. The monoisotopic (exact) mass is 346 g/mol. The van der Waals surface area contributed by atoms with Crippen molar-refractivity contribution in [2.45, 2.75) is 45.4 Å². The zero-order valence-electron chi connectivity index (χ0n) is 15.3. The molecule has 1 aromatic carbocycles. The third-order valence-corrected chi connectivity index (χ3v) is 5.52. The lowest BCUT2D eigenvalue weighted by Gasteiger charge is -2.20. The van der Waals surface area contributed by atoms with Crippen LogP contribution in [0.5, 0.6) is 0 Å². The summed E-state index contributed by atoms with van der Waals surface area (Å²) in [4.78, 5) is 25.4. The number of carbonyl (C=O) groups is 1. The van der Waals surface area contributed by atoms with E-state index in [-0.39, 0.29) is 11.3 Å². The number of nitrogens with one attached hydrogen (secondary N) is 2. The number of hydrogen-bond acceptors (Lipinski definition) is 3. The first-order chi connectivity index (χ1) is 12.3. The highest BCUT2D eigenvalue weighted by Gasteiger charge is 2.51. The summed E-state index contributed by atoms with van der Waals surface area (Å²) < 4.78 is 0. The van der Waals surface area contributed by atoms with E-state index in [1.54, 1.807) is 6.20 Å². The van der Waals surface area contributed by atoms with Crippen LogP contribution in [-0.2, 0) is 29.5 Å². The minimum atomic E-state index is -0.515. The number of carbonyl (C=O) groups excluding carboxylic acids is 1. The van der Waals surface area contributed by atoms with Gasteiger partial charge in [-0.2, -0.15) is 0 Å². The van der Waals surface area contributed by atoms with Crippen LogP contribution in [0.15, 0.2) is 30.5 Å². The molecule has 3 heterocycles. The third-order valence-electron chi connectivity index (χ3n) is 5.52. The predicted molar refractivity (Wildman–Crippen MR) is 101 cm³/mol. The van der Waals surface area contributed by atoms with Gasteiger partial charge in [0.05, 0.1) is 16.4 Å². The average Bonchev–Trinajstić information content (AvgIpc) is 3.18. The molecule has 132 valence electrons. The molecule has 3 aromatic rings. The number of pyridine rings is 1. The van der Waals surface area contributed by atoms with Crippen molar-refractivity contribution in [2.75, 3.05) is 5.32 Å². The standard InChI is InChI=1S/C21H22N4O/c1-20(2,3)11-17-23-15-7-12-9-21(10-13(12)8-16(15)24-17)14-5-4-6-22-18(14)25-19(21)26/h4-8H,9-11H2,1-3H3,(H,23,24)(H,22,25,26). The van der Waals surface area contributed by atoms with Crippen LogP contribution >= 0.6 is 0 Å². The first-order valence-corrected chi connectivity index (χ1v) is 9.11. The van der Waals surface area contributed by atoms with Crippen LogP contribution in [0.2, 0.25) is 0 Å². The molecule has 1 atom stereocenters. The maximum atomic E-state index is 12.8. The summed E-state index contributed by atoms with van der Waals surface area (Å²) in [5.41, 5.74) is 5.20. The van der Waals surface area contributed by atoms with Gasteiger partial charge in [0.2, 0.25) is 5.91 Å². The number of hydrogen-bond donors (Lipinski definition) is 2. The number of benzene rings is 1. The zero-order valence-corrected chi connectivity index (χ0v) is 15.3. The highest BCUT2D eigenvalue weighted by Crippen LogP contribution is 2.47. The molecule has 0 saturated heterocycles. The maximum absolute atomic E-state index is 12.8. The minimum Gasteiger partial charge on any atom is -0.342 e. The van der Waals surface area contributed by atoms with Gasteiger partial charge in [-0.05, 0) is 47.6 Å². The Hall–Kier alpha value is -2.69. The Morgan fingerprint density at radius 2 is 1.96 bits per heavy atom. The number of aromatic amines is 1. The largest absolute Gasteiger partial charge is 0.342 e. The molecule has 1 aliphatic carbocycles. The van der Waals surface area contributed by atoms with Crippen LogP contribution in [-0.4, -0.2) is 20.9 Å². The number of H-pyrrole nitrogens is 1. The van der Waals surface area contributed by atoms with Gasteiger partial charge in [0.15, 0.2) is 0 Å².